The van der Waals surface area contributed by atoms with Crippen molar-refractivity contribution in [3.63, 3.8) is 0 Å². The molecule has 0 unspecified atom stereocenters. The Hall–Kier alpha value is -2.31. The number of pyridine rings is 1. The van der Waals surface area contributed by atoms with Gasteiger partial charge < -0.3 is 15.7 Å². The number of carboxylic acid groups (broad SMARTS) is 1. The van der Waals surface area contributed by atoms with Crippen molar-refractivity contribution in [1.29, 1.82) is 0 Å². The van der Waals surface area contributed by atoms with E-state index in [1.807, 2.05) is 0 Å². The average molecular weight is 262 g/mol. The van der Waals surface area contributed by atoms with Gasteiger partial charge in [-0.15, -0.1) is 0 Å². The van der Waals surface area contributed by atoms with Crippen LogP contribution >= 0.6 is 0 Å². The van der Waals surface area contributed by atoms with Crippen molar-refractivity contribution < 1.29 is 9.90 Å². The third-order valence-electron chi connectivity index (χ3n) is 3.20. The van der Waals surface area contributed by atoms with E-state index in [1.54, 1.807) is 12.3 Å². The molecule has 1 aromatic heterocycles. The fourth-order valence-corrected chi connectivity index (χ4v) is 2.43. The second kappa shape index (κ2) is 5.55. The van der Waals surface area contributed by atoms with Gasteiger partial charge in [-0.05, 0) is 36.5 Å². The first-order valence-corrected chi connectivity index (χ1v) is 5.89. The Bertz CT molecular complexity index is 520. The summed E-state index contributed by atoms with van der Waals surface area (Å²) < 4.78 is 0. The maximum Gasteiger partial charge on any atom is 0.405 e. The molecule has 1 amide bonds. The summed E-state index contributed by atoms with van der Waals surface area (Å²) in [5, 5.41) is 18.4. The highest BCUT2D eigenvalue weighted by atomic mass is 16.4. The molecule has 0 saturated carbocycles. The van der Waals surface area contributed by atoms with Gasteiger partial charge in [0, 0.05) is 23.9 Å². The predicted octanol–water partition coefficient (Wildman–Crippen LogP) is 1.87. The van der Waals surface area contributed by atoms with E-state index in [-0.39, 0.29) is 0 Å². The SMILES string of the molecule is [N-]=[N+]=Nc1cnccc1[C@@]1(NC(=O)O)CCCNC1. The van der Waals surface area contributed by atoms with Crippen LogP contribution in [0.2, 0.25) is 0 Å². The summed E-state index contributed by atoms with van der Waals surface area (Å²) in [5.41, 5.74) is 8.80. The first kappa shape index (κ1) is 13.1. The Labute approximate surface area is 109 Å². The number of aromatic nitrogens is 1. The molecule has 19 heavy (non-hydrogen) atoms. The number of amides is 1. The molecular weight excluding hydrogens is 248 g/mol. The fourth-order valence-electron chi connectivity index (χ4n) is 2.43. The first-order valence-electron chi connectivity index (χ1n) is 5.89. The van der Waals surface area contributed by atoms with Gasteiger partial charge >= 0.3 is 6.09 Å². The number of hydrogen-bond donors (Lipinski definition) is 3. The molecule has 0 aromatic carbocycles. The standard InChI is InChI=1S/C11H14N6O2/c12-17-16-9-6-13-5-2-8(9)11(15-10(18)19)3-1-4-14-7-11/h2,5-6,14-15H,1,3-4,7H2,(H,18,19)/t11-/m1/s1. The van der Waals surface area contributed by atoms with E-state index in [2.05, 4.69) is 25.6 Å². The summed E-state index contributed by atoms with van der Waals surface area (Å²) >= 11 is 0. The number of nitrogens with zero attached hydrogens (tertiary/aromatic N) is 4. The van der Waals surface area contributed by atoms with Crippen LogP contribution in [0.4, 0.5) is 10.5 Å². The molecule has 3 N–H and O–H groups in total. The molecule has 1 aliphatic heterocycles. The summed E-state index contributed by atoms with van der Waals surface area (Å²) in [6.07, 6.45) is 3.37. The second-order valence-corrected chi connectivity index (χ2v) is 4.37. The highest BCUT2D eigenvalue weighted by Gasteiger charge is 2.37. The van der Waals surface area contributed by atoms with E-state index >= 15 is 0 Å². The van der Waals surface area contributed by atoms with E-state index in [9.17, 15) is 4.79 Å². The van der Waals surface area contributed by atoms with Gasteiger partial charge in [0.15, 0.2) is 0 Å². The summed E-state index contributed by atoms with van der Waals surface area (Å²) in [7, 11) is 0. The molecule has 0 bridgehead atoms. The quantitative estimate of drug-likeness (QED) is 0.437. The molecule has 1 saturated heterocycles. The van der Waals surface area contributed by atoms with Crippen LogP contribution in [0.3, 0.4) is 0 Å². The third-order valence-corrected chi connectivity index (χ3v) is 3.20. The Balaban J connectivity index is 2.48. The molecule has 0 radical (unpaired) electrons. The molecule has 1 aliphatic rings. The van der Waals surface area contributed by atoms with Crippen LogP contribution in [0.5, 0.6) is 0 Å². The summed E-state index contributed by atoms with van der Waals surface area (Å²) in [5.74, 6) is 0. The molecule has 0 spiro atoms. The largest absolute Gasteiger partial charge is 0.465 e. The van der Waals surface area contributed by atoms with Crippen molar-refractivity contribution in [2.45, 2.75) is 18.4 Å². The molecule has 1 atom stereocenters. The van der Waals surface area contributed by atoms with Crippen molar-refractivity contribution in [3.8, 4) is 0 Å². The molecule has 2 rings (SSSR count). The van der Waals surface area contributed by atoms with Gasteiger partial charge in [-0.25, -0.2) is 4.79 Å². The monoisotopic (exact) mass is 262 g/mol. The van der Waals surface area contributed by atoms with Gasteiger partial charge in [-0.3, -0.25) is 4.98 Å². The van der Waals surface area contributed by atoms with Crippen LogP contribution in [0.1, 0.15) is 18.4 Å². The predicted molar refractivity (Wildman–Crippen MR) is 68.0 cm³/mol. The van der Waals surface area contributed by atoms with Gasteiger partial charge in [-0.1, -0.05) is 5.11 Å². The maximum absolute atomic E-state index is 11.1. The highest BCUT2D eigenvalue weighted by molar-refractivity contribution is 5.67. The number of nitrogens with one attached hydrogen (secondary N) is 2. The van der Waals surface area contributed by atoms with Crippen molar-refractivity contribution >= 4 is 11.8 Å². The Morgan fingerprint density at radius 1 is 1.68 bits per heavy atom. The van der Waals surface area contributed by atoms with Crippen molar-refractivity contribution in [3.05, 3.63) is 34.5 Å². The van der Waals surface area contributed by atoms with Crippen LogP contribution in [-0.4, -0.2) is 29.3 Å². The smallest absolute Gasteiger partial charge is 0.405 e. The topological polar surface area (TPSA) is 123 Å². The molecule has 1 aromatic rings. The van der Waals surface area contributed by atoms with Gasteiger partial charge in [0.2, 0.25) is 0 Å². The van der Waals surface area contributed by atoms with Crippen LogP contribution in [0.15, 0.2) is 23.6 Å². The summed E-state index contributed by atoms with van der Waals surface area (Å²) in [6, 6.07) is 1.69. The molecule has 8 nitrogen and oxygen atoms in total. The maximum atomic E-state index is 11.1. The number of piperidine rings is 1. The lowest BCUT2D eigenvalue weighted by Gasteiger charge is -2.38. The lowest BCUT2D eigenvalue weighted by Crippen LogP contribution is -2.54. The molecule has 1 fully saturated rings. The summed E-state index contributed by atoms with van der Waals surface area (Å²) in [6.45, 7) is 1.29. The number of azide groups is 1. The fraction of sp³-hybridized carbons (Fsp3) is 0.455. The van der Waals surface area contributed by atoms with E-state index in [1.165, 1.54) is 6.20 Å². The second-order valence-electron chi connectivity index (χ2n) is 4.37. The average Bonchev–Trinajstić information content (AvgIpc) is 2.40. The van der Waals surface area contributed by atoms with E-state index in [0.29, 0.717) is 24.2 Å². The van der Waals surface area contributed by atoms with Crippen LogP contribution in [0.25, 0.3) is 10.4 Å². The Kier molecular flexibility index (Phi) is 3.84. The van der Waals surface area contributed by atoms with Crippen LogP contribution in [-0.2, 0) is 5.54 Å². The molecule has 100 valence electrons. The minimum Gasteiger partial charge on any atom is -0.465 e. The number of rotatable bonds is 3. The van der Waals surface area contributed by atoms with Crippen molar-refractivity contribution in [2.24, 2.45) is 5.11 Å². The van der Waals surface area contributed by atoms with Crippen LogP contribution < -0.4 is 10.6 Å². The molecule has 2 heterocycles. The van der Waals surface area contributed by atoms with Gasteiger partial charge in [0.25, 0.3) is 0 Å². The van der Waals surface area contributed by atoms with Crippen molar-refractivity contribution in [2.75, 3.05) is 13.1 Å². The zero-order valence-electron chi connectivity index (χ0n) is 10.2. The zero-order chi connectivity index (χ0) is 13.7. The lowest BCUT2D eigenvalue weighted by atomic mass is 9.82. The minimum absolute atomic E-state index is 0.349. The first-order chi connectivity index (χ1) is 9.18. The molecular formula is C11H14N6O2. The Morgan fingerprint density at radius 3 is 3.16 bits per heavy atom. The molecule has 0 aliphatic carbocycles. The lowest BCUT2D eigenvalue weighted by molar-refractivity contribution is 0.167. The minimum atomic E-state index is -1.10. The van der Waals surface area contributed by atoms with E-state index < -0.39 is 11.6 Å². The van der Waals surface area contributed by atoms with Gasteiger partial charge in [0.05, 0.1) is 11.2 Å². The third kappa shape index (κ3) is 2.75. The Morgan fingerprint density at radius 2 is 2.53 bits per heavy atom. The number of carbonyl (C=O) groups is 1. The highest BCUT2D eigenvalue weighted by Crippen LogP contribution is 2.34. The normalized spacial score (nSPS) is 22.3. The van der Waals surface area contributed by atoms with E-state index in [0.717, 1.165) is 13.0 Å². The summed E-state index contributed by atoms with van der Waals surface area (Å²) in [4.78, 5) is 17.7. The van der Waals surface area contributed by atoms with Crippen molar-refractivity contribution in [1.82, 2.24) is 15.6 Å². The van der Waals surface area contributed by atoms with Crippen LogP contribution in [0, 0.1) is 0 Å². The van der Waals surface area contributed by atoms with E-state index in [4.69, 9.17) is 10.6 Å². The number of hydrogen-bond acceptors (Lipinski definition) is 4. The van der Waals surface area contributed by atoms with Gasteiger partial charge in [-0.2, -0.15) is 0 Å². The zero-order valence-corrected chi connectivity index (χ0v) is 10.2. The molecule has 8 heteroatoms. The van der Waals surface area contributed by atoms with Gasteiger partial charge in [0.1, 0.15) is 0 Å².